The Morgan fingerprint density at radius 3 is 2.25 bits per heavy atom. The van der Waals surface area contributed by atoms with Crippen LogP contribution in [0.2, 0.25) is 0 Å². The second kappa shape index (κ2) is 8.46. The normalized spacial score (nSPS) is 15.3. The number of hydrogen-bond donors (Lipinski definition) is 2. The Bertz CT molecular complexity index is 298. The lowest BCUT2D eigenvalue weighted by Crippen LogP contribution is -2.49. The average Bonchev–Trinajstić information content (AvgIpc) is 2.27. The highest BCUT2D eigenvalue weighted by molar-refractivity contribution is 5.78. The maximum Gasteiger partial charge on any atom is 0.401 e. The molecule has 7 heteroatoms. The van der Waals surface area contributed by atoms with E-state index in [-0.39, 0.29) is 6.54 Å². The summed E-state index contributed by atoms with van der Waals surface area (Å²) in [5.41, 5.74) is -1.08. The minimum atomic E-state index is -4.22. The van der Waals surface area contributed by atoms with Gasteiger partial charge in [-0.25, -0.2) is 0 Å². The standard InChI is InChI=1S/C13H25F3N2O2/c1-4-8-18(10-13(14,15)16)9-6-7-12(3,11(19)20)17-5-2/h17H,4-10H2,1-3H3,(H,19,20). The van der Waals surface area contributed by atoms with Gasteiger partial charge in [-0.1, -0.05) is 13.8 Å². The molecule has 0 aromatic carbocycles. The number of carboxylic acid groups (broad SMARTS) is 1. The fourth-order valence-corrected chi connectivity index (χ4v) is 2.16. The van der Waals surface area contributed by atoms with E-state index in [0.29, 0.717) is 32.4 Å². The summed E-state index contributed by atoms with van der Waals surface area (Å²) in [4.78, 5) is 12.5. The van der Waals surface area contributed by atoms with Gasteiger partial charge in [-0.2, -0.15) is 13.2 Å². The van der Waals surface area contributed by atoms with E-state index in [1.165, 1.54) is 4.90 Å². The van der Waals surface area contributed by atoms with Gasteiger partial charge in [-0.15, -0.1) is 0 Å². The summed E-state index contributed by atoms with van der Waals surface area (Å²) in [6.07, 6.45) is -2.87. The molecule has 0 rings (SSSR count). The monoisotopic (exact) mass is 298 g/mol. The van der Waals surface area contributed by atoms with Crippen molar-refractivity contribution in [3.05, 3.63) is 0 Å². The van der Waals surface area contributed by atoms with Crippen LogP contribution in [0.4, 0.5) is 13.2 Å². The molecular formula is C13H25F3N2O2. The van der Waals surface area contributed by atoms with Crippen LogP contribution in [0.3, 0.4) is 0 Å². The fourth-order valence-electron chi connectivity index (χ4n) is 2.16. The Hall–Kier alpha value is -0.820. The molecule has 4 nitrogen and oxygen atoms in total. The summed E-state index contributed by atoms with van der Waals surface area (Å²) in [6, 6.07) is 0. The number of halogens is 3. The number of carbonyl (C=O) groups is 1. The van der Waals surface area contributed by atoms with E-state index in [2.05, 4.69) is 5.32 Å². The Balaban J connectivity index is 4.37. The molecule has 0 aromatic heterocycles. The van der Waals surface area contributed by atoms with Crippen molar-refractivity contribution in [2.24, 2.45) is 0 Å². The molecular weight excluding hydrogens is 273 g/mol. The summed E-state index contributed by atoms with van der Waals surface area (Å²) in [6.45, 7) is 5.37. The highest BCUT2D eigenvalue weighted by atomic mass is 19.4. The zero-order chi connectivity index (χ0) is 15.8. The molecule has 0 radical (unpaired) electrons. The average molecular weight is 298 g/mol. The van der Waals surface area contributed by atoms with Crippen molar-refractivity contribution in [1.82, 2.24) is 10.2 Å². The van der Waals surface area contributed by atoms with Gasteiger partial charge in [0, 0.05) is 0 Å². The quantitative estimate of drug-likeness (QED) is 0.650. The van der Waals surface area contributed by atoms with Crippen LogP contribution >= 0.6 is 0 Å². The third kappa shape index (κ3) is 7.69. The molecule has 120 valence electrons. The molecule has 0 amide bonds. The maximum absolute atomic E-state index is 12.4. The highest BCUT2D eigenvalue weighted by Crippen LogP contribution is 2.18. The van der Waals surface area contributed by atoms with Gasteiger partial charge in [-0.05, 0) is 45.8 Å². The third-order valence-electron chi connectivity index (χ3n) is 3.13. The largest absolute Gasteiger partial charge is 0.480 e. The third-order valence-corrected chi connectivity index (χ3v) is 3.13. The first-order chi connectivity index (χ1) is 9.14. The zero-order valence-corrected chi connectivity index (χ0v) is 12.4. The lowest BCUT2D eigenvalue weighted by molar-refractivity contribution is -0.148. The van der Waals surface area contributed by atoms with Crippen LogP contribution in [0, 0.1) is 0 Å². The molecule has 0 fully saturated rings. The highest BCUT2D eigenvalue weighted by Gasteiger charge is 2.33. The number of likely N-dealkylation sites (N-methyl/N-ethyl adjacent to an activating group) is 1. The van der Waals surface area contributed by atoms with Crippen molar-refractivity contribution in [1.29, 1.82) is 0 Å². The molecule has 0 aliphatic carbocycles. The molecule has 1 unspecified atom stereocenters. The van der Waals surface area contributed by atoms with Gasteiger partial charge in [0.15, 0.2) is 0 Å². The molecule has 0 heterocycles. The van der Waals surface area contributed by atoms with Gasteiger partial charge in [0.1, 0.15) is 5.54 Å². The van der Waals surface area contributed by atoms with Crippen LogP contribution in [0.15, 0.2) is 0 Å². The Labute approximate surface area is 118 Å². The van der Waals surface area contributed by atoms with E-state index in [1.807, 2.05) is 6.92 Å². The van der Waals surface area contributed by atoms with Crippen molar-refractivity contribution in [2.45, 2.75) is 51.7 Å². The van der Waals surface area contributed by atoms with Gasteiger partial charge in [0.05, 0.1) is 6.54 Å². The number of nitrogens with one attached hydrogen (secondary N) is 1. The van der Waals surface area contributed by atoms with Crippen LogP contribution in [-0.2, 0) is 4.79 Å². The second-order valence-electron chi connectivity index (χ2n) is 5.16. The van der Waals surface area contributed by atoms with E-state index < -0.39 is 24.2 Å². The number of hydrogen-bond acceptors (Lipinski definition) is 3. The molecule has 0 aromatic rings. The minimum Gasteiger partial charge on any atom is -0.480 e. The predicted molar refractivity (Wildman–Crippen MR) is 71.7 cm³/mol. The van der Waals surface area contributed by atoms with Gasteiger partial charge in [0.25, 0.3) is 0 Å². The topological polar surface area (TPSA) is 52.6 Å². The lowest BCUT2D eigenvalue weighted by Gasteiger charge is -2.28. The molecule has 2 N–H and O–H groups in total. The molecule has 0 aliphatic heterocycles. The van der Waals surface area contributed by atoms with Crippen LogP contribution < -0.4 is 5.32 Å². The van der Waals surface area contributed by atoms with Gasteiger partial charge in [-0.3, -0.25) is 9.69 Å². The second-order valence-corrected chi connectivity index (χ2v) is 5.16. The van der Waals surface area contributed by atoms with Crippen LogP contribution in [0.1, 0.15) is 40.0 Å². The number of nitrogens with zero attached hydrogens (tertiary/aromatic N) is 1. The molecule has 0 bridgehead atoms. The Kier molecular flexibility index (Phi) is 8.12. The summed E-state index contributed by atoms with van der Waals surface area (Å²) in [7, 11) is 0. The van der Waals surface area contributed by atoms with Crippen LogP contribution in [0.25, 0.3) is 0 Å². The maximum atomic E-state index is 12.4. The summed E-state index contributed by atoms with van der Waals surface area (Å²) in [5, 5.41) is 12.0. The molecule has 0 saturated carbocycles. The molecule has 0 aliphatic rings. The fraction of sp³-hybridized carbons (Fsp3) is 0.923. The summed E-state index contributed by atoms with van der Waals surface area (Å²) >= 11 is 0. The van der Waals surface area contributed by atoms with E-state index in [0.717, 1.165) is 0 Å². The van der Waals surface area contributed by atoms with Crippen molar-refractivity contribution >= 4 is 5.97 Å². The SMILES string of the molecule is CCCN(CCCC(C)(NCC)C(=O)O)CC(F)(F)F. The van der Waals surface area contributed by atoms with E-state index in [1.54, 1.807) is 13.8 Å². The number of alkyl halides is 3. The van der Waals surface area contributed by atoms with Crippen LogP contribution in [-0.4, -0.2) is 53.9 Å². The Morgan fingerprint density at radius 1 is 1.25 bits per heavy atom. The number of rotatable bonds is 10. The van der Waals surface area contributed by atoms with E-state index >= 15 is 0 Å². The molecule has 20 heavy (non-hydrogen) atoms. The van der Waals surface area contributed by atoms with E-state index in [4.69, 9.17) is 5.11 Å². The van der Waals surface area contributed by atoms with Crippen molar-refractivity contribution in [3.63, 3.8) is 0 Å². The number of carboxylic acids is 1. The zero-order valence-electron chi connectivity index (χ0n) is 12.4. The van der Waals surface area contributed by atoms with Gasteiger partial charge < -0.3 is 10.4 Å². The van der Waals surface area contributed by atoms with Crippen molar-refractivity contribution < 1.29 is 23.1 Å². The first-order valence-electron chi connectivity index (χ1n) is 6.92. The lowest BCUT2D eigenvalue weighted by atomic mass is 9.95. The minimum absolute atomic E-state index is 0.252. The predicted octanol–water partition coefficient (Wildman–Crippen LogP) is 2.49. The smallest absolute Gasteiger partial charge is 0.401 e. The summed E-state index contributed by atoms with van der Waals surface area (Å²) < 4.78 is 37.2. The van der Waals surface area contributed by atoms with Crippen molar-refractivity contribution in [3.8, 4) is 0 Å². The molecule has 0 saturated heterocycles. The van der Waals surface area contributed by atoms with Crippen LogP contribution in [0.5, 0.6) is 0 Å². The molecule has 1 atom stereocenters. The Morgan fingerprint density at radius 2 is 1.85 bits per heavy atom. The summed E-state index contributed by atoms with van der Waals surface area (Å²) in [5.74, 6) is -0.975. The first-order valence-corrected chi connectivity index (χ1v) is 6.92. The van der Waals surface area contributed by atoms with Gasteiger partial charge in [0.2, 0.25) is 0 Å². The van der Waals surface area contributed by atoms with Gasteiger partial charge >= 0.3 is 12.1 Å². The molecule has 0 spiro atoms. The van der Waals surface area contributed by atoms with E-state index in [9.17, 15) is 18.0 Å². The van der Waals surface area contributed by atoms with Crippen molar-refractivity contribution in [2.75, 3.05) is 26.2 Å². The first kappa shape index (κ1) is 19.2. The number of aliphatic carboxylic acids is 1.